The molecule has 1 amide bonds. The first-order valence-electron chi connectivity index (χ1n) is 7.46. The van der Waals surface area contributed by atoms with Crippen molar-refractivity contribution in [1.82, 2.24) is 4.90 Å². The topological polar surface area (TPSA) is 77.4 Å². The predicted octanol–water partition coefficient (Wildman–Crippen LogP) is 1.60. The zero-order valence-electron chi connectivity index (χ0n) is 14.1. The van der Waals surface area contributed by atoms with Gasteiger partial charge in [0.25, 0.3) is 0 Å². The molecule has 2 aliphatic heterocycles. The molecule has 1 saturated heterocycles. The summed E-state index contributed by atoms with van der Waals surface area (Å²) in [5.41, 5.74) is -1.47. The average Bonchev–Trinajstić information content (AvgIpc) is 2.75. The second-order valence-electron chi connectivity index (χ2n) is 7.49. The SMILES string of the molecule is CC(C)(C)OC(=O)N1C2=[NH+]C(C)(c3cc(Br)cs3)CS(=O)(=O)C21C. The lowest BCUT2D eigenvalue weighted by atomic mass is 10.0. The molecule has 0 spiro atoms. The van der Waals surface area contributed by atoms with E-state index in [1.54, 1.807) is 27.7 Å². The Morgan fingerprint density at radius 2 is 2.04 bits per heavy atom. The Labute approximate surface area is 153 Å². The molecule has 3 heterocycles. The number of thiophene rings is 1. The van der Waals surface area contributed by atoms with E-state index in [0.717, 1.165) is 9.35 Å². The highest BCUT2D eigenvalue weighted by Crippen LogP contribution is 2.44. The third-order valence-electron chi connectivity index (χ3n) is 4.21. The van der Waals surface area contributed by atoms with E-state index in [1.165, 1.54) is 16.2 Å². The molecule has 0 aliphatic carbocycles. The lowest BCUT2D eigenvalue weighted by Gasteiger charge is -2.24. The maximum atomic E-state index is 12.9. The van der Waals surface area contributed by atoms with Gasteiger partial charge in [-0.25, -0.2) is 8.42 Å². The number of fused-ring (bicyclic) bond motifs is 1. The number of halogens is 1. The van der Waals surface area contributed by atoms with Crippen LogP contribution in [0.4, 0.5) is 4.79 Å². The van der Waals surface area contributed by atoms with Crippen LogP contribution in [-0.4, -0.2) is 41.5 Å². The molecule has 2 aliphatic rings. The standard InChI is InChI=1S/C15H19BrN2O4S2/c1-13(2,3)22-12(19)18-11-15(18,5)24(20,21)8-14(4,17-11)10-6-9(16)7-23-10/h6-7H,8H2,1-5H3/p+1. The first-order chi connectivity index (χ1) is 10.8. The van der Waals surface area contributed by atoms with Crippen LogP contribution in [0.25, 0.3) is 0 Å². The van der Waals surface area contributed by atoms with Crippen LogP contribution in [-0.2, 0) is 20.1 Å². The van der Waals surface area contributed by atoms with Crippen molar-refractivity contribution in [3.05, 3.63) is 20.8 Å². The quantitative estimate of drug-likeness (QED) is 0.679. The highest BCUT2D eigenvalue weighted by atomic mass is 79.9. The van der Waals surface area contributed by atoms with E-state index in [4.69, 9.17) is 4.74 Å². The summed E-state index contributed by atoms with van der Waals surface area (Å²) in [6, 6.07) is 1.90. The lowest BCUT2D eigenvalue weighted by molar-refractivity contribution is -0.551. The Balaban J connectivity index is 2.03. The highest BCUT2D eigenvalue weighted by molar-refractivity contribution is 9.10. The molecule has 2 unspecified atom stereocenters. The van der Waals surface area contributed by atoms with Crippen LogP contribution in [0.5, 0.6) is 0 Å². The predicted molar refractivity (Wildman–Crippen MR) is 95.6 cm³/mol. The Kier molecular flexibility index (Phi) is 3.76. The molecule has 1 aromatic rings. The number of rotatable bonds is 1. The molecule has 132 valence electrons. The molecule has 0 bridgehead atoms. The third-order valence-corrected chi connectivity index (χ3v) is 8.71. The maximum Gasteiger partial charge on any atom is 0.509 e. The number of hydrogen-bond acceptors (Lipinski definition) is 5. The van der Waals surface area contributed by atoms with Crippen LogP contribution in [0.1, 0.15) is 39.5 Å². The molecule has 0 radical (unpaired) electrons. The number of nitrogens with one attached hydrogen (secondary N) is 1. The second kappa shape index (κ2) is 5.04. The van der Waals surface area contributed by atoms with Gasteiger partial charge >= 0.3 is 16.8 Å². The smallest absolute Gasteiger partial charge is 0.425 e. The Bertz CT molecular complexity index is 855. The van der Waals surface area contributed by atoms with E-state index < -0.39 is 31.9 Å². The van der Waals surface area contributed by atoms with Gasteiger partial charge in [0.15, 0.2) is 0 Å². The van der Waals surface area contributed by atoms with E-state index >= 15 is 0 Å². The molecule has 0 aromatic carbocycles. The van der Waals surface area contributed by atoms with Crippen molar-refractivity contribution in [2.24, 2.45) is 0 Å². The Hall–Kier alpha value is -0.930. The largest absolute Gasteiger partial charge is 0.509 e. The molecule has 0 saturated carbocycles. The second-order valence-corrected chi connectivity index (χ2v) is 11.6. The fraction of sp³-hybridized carbons (Fsp3) is 0.600. The van der Waals surface area contributed by atoms with Gasteiger partial charge in [0.05, 0.1) is 4.88 Å². The summed E-state index contributed by atoms with van der Waals surface area (Å²) in [4.78, 5) is 16.4. The van der Waals surface area contributed by atoms with Gasteiger partial charge in [-0.1, -0.05) is 0 Å². The van der Waals surface area contributed by atoms with Crippen LogP contribution in [0.2, 0.25) is 0 Å². The average molecular weight is 436 g/mol. The van der Waals surface area contributed by atoms with Gasteiger partial charge in [-0.15, -0.1) is 16.2 Å². The molecule has 1 N–H and O–H groups in total. The van der Waals surface area contributed by atoms with Gasteiger partial charge in [0.2, 0.25) is 9.84 Å². The summed E-state index contributed by atoms with van der Waals surface area (Å²) in [5, 5.41) is 1.91. The van der Waals surface area contributed by atoms with Crippen LogP contribution >= 0.6 is 27.3 Å². The molecule has 6 nitrogen and oxygen atoms in total. The number of hydrogen-bond donors (Lipinski definition) is 1. The summed E-state index contributed by atoms with van der Waals surface area (Å²) < 4.78 is 32.1. The van der Waals surface area contributed by atoms with E-state index in [9.17, 15) is 13.2 Å². The van der Waals surface area contributed by atoms with Crippen molar-refractivity contribution in [3.63, 3.8) is 0 Å². The van der Waals surface area contributed by atoms with Crippen molar-refractivity contribution < 1.29 is 22.9 Å². The number of sulfone groups is 1. The van der Waals surface area contributed by atoms with Gasteiger partial charge < -0.3 is 4.74 Å². The number of carbonyl (C=O) groups excluding carboxylic acids is 1. The molecule has 1 aromatic heterocycles. The first-order valence-corrected chi connectivity index (χ1v) is 10.8. The maximum absolute atomic E-state index is 12.9. The zero-order chi connectivity index (χ0) is 18.1. The van der Waals surface area contributed by atoms with Gasteiger partial charge in [0, 0.05) is 16.8 Å². The van der Waals surface area contributed by atoms with Crippen LogP contribution in [0, 0.1) is 0 Å². The molecule has 24 heavy (non-hydrogen) atoms. The zero-order valence-corrected chi connectivity index (χ0v) is 17.4. The molecule has 3 rings (SSSR count). The molecular weight excluding hydrogens is 416 g/mol. The molecule has 9 heteroatoms. The van der Waals surface area contributed by atoms with Crippen LogP contribution < -0.4 is 4.99 Å². The fourth-order valence-corrected chi connectivity index (χ4v) is 6.64. The third kappa shape index (κ3) is 2.61. The van der Waals surface area contributed by atoms with Crippen LogP contribution in [0.15, 0.2) is 15.9 Å². The van der Waals surface area contributed by atoms with Crippen molar-refractivity contribution in [2.75, 3.05) is 5.75 Å². The van der Waals surface area contributed by atoms with Gasteiger partial charge in [-0.3, -0.25) is 4.99 Å². The van der Waals surface area contributed by atoms with E-state index in [-0.39, 0.29) is 5.75 Å². The van der Waals surface area contributed by atoms with Gasteiger partial charge in [-0.05, 0) is 49.7 Å². The Morgan fingerprint density at radius 1 is 1.42 bits per heavy atom. The summed E-state index contributed by atoms with van der Waals surface area (Å²) >= 11 is 4.87. The number of ether oxygens (including phenoxy) is 1. The van der Waals surface area contributed by atoms with E-state index in [2.05, 4.69) is 20.9 Å². The van der Waals surface area contributed by atoms with Gasteiger partial charge in [0.1, 0.15) is 16.9 Å². The summed E-state index contributed by atoms with van der Waals surface area (Å²) in [6.45, 7) is 8.63. The van der Waals surface area contributed by atoms with Crippen molar-refractivity contribution in [3.8, 4) is 0 Å². The van der Waals surface area contributed by atoms with Crippen molar-refractivity contribution in [1.29, 1.82) is 0 Å². The number of nitrogens with zero attached hydrogens (tertiary/aromatic N) is 1. The fourth-order valence-electron chi connectivity index (χ4n) is 2.90. The number of amides is 1. The summed E-state index contributed by atoms with van der Waals surface area (Å²) in [5.74, 6) is 0.293. The van der Waals surface area contributed by atoms with Crippen molar-refractivity contribution >= 4 is 49.0 Å². The summed E-state index contributed by atoms with van der Waals surface area (Å²) in [7, 11) is -3.57. The molecule has 2 atom stereocenters. The number of amidine groups is 1. The molecular formula is C15H20BrN2O4S2+. The summed E-state index contributed by atoms with van der Waals surface area (Å²) in [6.07, 6.45) is -0.646. The van der Waals surface area contributed by atoms with Crippen LogP contribution in [0.3, 0.4) is 0 Å². The monoisotopic (exact) mass is 435 g/mol. The van der Waals surface area contributed by atoms with Gasteiger partial charge in [-0.2, -0.15) is 4.79 Å². The highest BCUT2D eigenvalue weighted by Gasteiger charge is 2.82. The van der Waals surface area contributed by atoms with Crippen molar-refractivity contribution in [2.45, 2.75) is 50.6 Å². The van der Waals surface area contributed by atoms with E-state index in [0.29, 0.717) is 5.84 Å². The normalized spacial score (nSPS) is 31.2. The van der Waals surface area contributed by atoms with E-state index in [1.807, 2.05) is 18.4 Å². The minimum Gasteiger partial charge on any atom is -0.425 e. The first kappa shape index (κ1) is 17.9. The Morgan fingerprint density at radius 3 is 2.54 bits per heavy atom. The molecule has 1 fully saturated rings. The minimum absolute atomic E-state index is 0.0910. The lowest BCUT2D eigenvalue weighted by Crippen LogP contribution is -2.87. The minimum atomic E-state index is -3.57. The number of carbonyl (C=O) groups is 1.